The summed E-state index contributed by atoms with van der Waals surface area (Å²) in [4.78, 5) is 28.0. The number of benzene rings is 2. The summed E-state index contributed by atoms with van der Waals surface area (Å²) in [6, 6.07) is 16.0. The van der Waals surface area contributed by atoms with E-state index >= 15 is 0 Å². The van der Waals surface area contributed by atoms with Crippen LogP contribution in [0.5, 0.6) is 0 Å². The van der Waals surface area contributed by atoms with Gasteiger partial charge in [0.1, 0.15) is 0 Å². The van der Waals surface area contributed by atoms with Crippen LogP contribution >= 0.6 is 34.5 Å². The molecule has 148 valence electrons. The second kappa shape index (κ2) is 7.58. The van der Waals surface area contributed by atoms with Gasteiger partial charge in [0.05, 0.1) is 27.9 Å². The predicted octanol–water partition coefficient (Wildman–Crippen LogP) is 5.37. The first-order chi connectivity index (χ1) is 13.8. The molecule has 1 aliphatic rings. The first kappa shape index (κ1) is 20.1. The third kappa shape index (κ3) is 3.71. The highest BCUT2D eigenvalue weighted by molar-refractivity contribution is 7.18. The summed E-state index contributed by atoms with van der Waals surface area (Å²) in [5.41, 5.74) is 0.965. The van der Waals surface area contributed by atoms with Gasteiger partial charge < -0.3 is 10.0 Å². The summed E-state index contributed by atoms with van der Waals surface area (Å²) < 4.78 is 0.475. The highest BCUT2D eigenvalue weighted by atomic mass is 35.5. The molecule has 0 unspecified atom stereocenters. The van der Waals surface area contributed by atoms with Crippen molar-refractivity contribution in [2.75, 3.05) is 4.90 Å². The quantitative estimate of drug-likeness (QED) is 0.536. The van der Waals surface area contributed by atoms with Crippen LogP contribution in [0.2, 0.25) is 9.36 Å². The van der Waals surface area contributed by atoms with E-state index in [-0.39, 0.29) is 18.7 Å². The highest BCUT2D eigenvalue weighted by Gasteiger charge is 2.51. The van der Waals surface area contributed by atoms with Gasteiger partial charge in [-0.15, -0.1) is 11.3 Å². The second-order valence-electron chi connectivity index (χ2n) is 7.10. The van der Waals surface area contributed by atoms with Crippen molar-refractivity contribution in [2.24, 2.45) is 0 Å². The third-order valence-electron chi connectivity index (χ3n) is 5.02. The highest BCUT2D eigenvalue weighted by Crippen LogP contribution is 2.45. The monoisotopic (exact) mass is 445 g/mol. The molecule has 2 aromatic carbocycles. The van der Waals surface area contributed by atoms with Gasteiger partial charge in [-0.1, -0.05) is 53.0 Å². The van der Waals surface area contributed by atoms with Gasteiger partial charge >= 0.3 is 0 Å². The molecule has 1 atom stereocenters. The Morgan fingerprint density at radius 1 is 1.10 bits per heavy atom. The molecule has 1 aliphatic heterocycles. The largest absolute Gasteiger partial charge is 0.375 e. The van der Waals surface area contributed by atoms with Gasteiger partial charge in [0.15, 0.2) is 11.4 Å². The van der Waals surface area contributed by atoms with Crippen molar-refractivity contribution in [2.45, 2.75) is 25.5 Å². The number of fused-ring (bicyclic) bond motifs is 1. The minimum atomic E-state index is -1.97. The van der Waals surface area contributed by atoms with Gasteiger partial charge in [0.25, 0.3) is 5.91 Å². The normalized spacial score (nSPS) is 18.2. The molecular weight excluding hydrogens is 429 g/mol. The molecule has 0 aliphatic carbocycles. The third-order valence-corrected chi connectivity index (χ3v) is 6.53. The van der Waals surface area contributed by atoms with E-state index < -0.39 is 11.5 Å². The Morgan fingerprint density at radius 3 is 2.48 bits per heavy atom. The van der Waals surface area contributed by atoms with Crippen LogP contribution in [-0.2, 0) is 16.9 Å². The van der Waals surface area contributed by atoms with Gasteiger partial charge in [-0.2, -0.15) is 0 Å². The van der Waals surface area contributed by atoms with E-state index in [0.717, 1.165) is 22.5 Å². The number of anilines is 1. The van der Waals surface area contributed by atoms with E-state index in [1.807, 2.05) is 31.2 Å². The van der Waals surface area contributed by atoms with Crippen LogP contribution in [-0.4, -0.2) is 16.8 Å². The summed E-state index contributed by atoms with van der Waals surface area (Å²) in [5.74, 6) is -0.882. The van der Waals surface area contributed by atoms with E-state index in [0.29, 0.717) is 25.5 Å². The van der Waals surface area contributed by atoms with Crippen LogP contribution < -0.4 is 4.90 Å². The first-order valence-electron chi connectivity index (χ1n) is 8.96. The molecular formula is C22H17Cl2NO3S. The minimum Gasteiger partial charge on any atom is -0.375 e. The van der Waals surface area contributed by atoms with Gasteiger partial charge in [0.2, 0.25) is 0 Å². The van der Waals surface area contributed by atoms with Crippen LogP contribution in [0.15, 0.2) is 54.6 Å². The number of hydrogen-bond acceptors (Lipinski definition) is 4. The van der Waals surface area contributed by atoms with Gasteiger partial charge in [-0.3, -0.25) is 9.59 Å². The van der Waals surface area contributed by atoms with Crippen LogP contribution in [0, 0.1) is 6.92 Å². The van der Waals surface area contributed by atoms with Gasteiger partial charge in [-0.05, 0) is 42.8 Å². The molecule has 1 aromatic heterocycles. The lowest BCUT2D eigenvalue weighted by Crippen LogP contribution is -2.41. The number of nitrogens with zero attached hydrogens (tertiary/aromatic N) is 1. The van der Waals surface area contributed by atoms with Crippen LogP contribution in [0.1, 0.15) is 32.8 Å². The molecule has 3 aromatic rings. The molecule has 0 fully saturated rings. The number of carbonyl (C=O) groups is 2. The second-order valence-corrected chi connectivity index (χ2v) is 9.25. The van der Waals surface area contributed by atoms with Gasteiger partial charge in [0, 0.05) is 10.6 Å². The molecule has 2 heterocycles. The van der Waals surface area contributed by atoms with Crippen molar-refractivity contribution in [1.29, 1.82) is 0 Å². The molecule has 0 saturated heterocycles. The minimum absolute atomic E-state index is 0.287. The SMILES string of the molecule is Cc1ccc(CN2C(=O)[C@@](O)(CC(=O)c3ccc(Cl)s3)c3cc(Cl)ccc32)cc1. The van der Waals surface area contributed by atoms with Crippen molar-refractivity contribution in [3.63, 3.8) is 0 Å². The smallest absolute Gasteiger partial charge is 0.264 e. The van der Waals surface area contributed by atoms with E-state index in [1.165, 1.54) is 4.90 Å². The first-order valence-corrected chi connectivity index (χ1v) is 10.5. The number of ketones is 1. The lowest BCUT2D eigenvalue weighted by molar-refractivity contribution is -0.136. The number of Topliss-reactive ketones (excluding diaryl/α,β-unsaturated/α-hetero) is 1. The van der Waals surface area contributed by atoms with Crippen LogP contribution in [0.25, 0.3) is 0 Å². The Bertz CT molecular complexity index is 1110. The maximum Gasteiger partial charge on any atom is 0.264 e. The fourth-order valence-corrected chi connectivity index (χ4v) is 4.66. The van der Waals surface area contributed by atoms with E-state index in [4.69, 9.17) is 23.2 Å². The average molecular weight is 446 g/mol. The van der Waals surface area contributed by atoms with Crippen molar-refractivity contribution < 1.29 is 14.7 Å². The van der Waals surface area contributed by atoms with Crippen molar-refractivity contribution in [1.82, 2.24) is 0 Å². The molecule has 1 amide bonds. The number of halogens is 2. The number of rotatable bonds is 5. The lowest BCUT2D eigenvalue weighted by Gasteiger charge is -2.22. The topological polar surface area (TPSA) is 57.6 Å². The summed E-state index contributed by atoms with van der Waals surface area (Å²) >= 11 is 13.2. The number of amides is 1. The van der Waals surface area contributed by atoms with Crippen LogP contribution in [0.3, 0.4) is 0 Å². The van der Waals surface area contributed by atoms with Gasteiger partial charge in [-0.25, -0.2) is 0 Å². The molecule has 4 rings (SSSR count). The average Bonchev–Trinajstić information content (AvgIpc) is 3.20. The van der Waals surface area contributed by atoms with E-state index in [9.17, 15) is 14.7 Å². The lowest BCUT2D eigenvalue weighted by atomic mass is 9.89. The standard InChI is InChI=1S/C22H17Cl2NO3S/c1-13-2-4-14(5-3-13)12-25-17-7-6-15(23)10-16(17)22(28,21(25)27)11-18(26)19-8-9-20(24)29-19/h2-10,28H,11-12H2,1H3/t22-/m1/s1. The molecule has 7 heteroatoms. The zero-order valence-corrected chi connectivity index (χ0v) is 17.8. The maximum atomic E-state index is 13.3. The predicted molar refractivity (Wildman–Crippen MR) is 116 cm³/mol. The maximum absolute atomic E-state index is 13.3. The van der Waals surface area contributed by atoms with Crippen molar-refractivity contribution in [3.8, 4) is 0 Å². The summed E-state index contributed by atoms with van der Waals surface area (Å²) in [5, 5.41) is 11.8. The Kier molecular flexibility index (Phi) is 5.25. The summed E-state index contributed by atoms with van der Waals surface area (Å²) in [6.07, 6.45) is -0.375. The van der Waals surface area contributed by atoms with Crippen LogP contribution in [0.4, 0.5) is 5.69 Å². The van der Waals surface area contributed by atoms with E-state index in [1.54, 1.807) is 30.3 Å². The number of carbonyl (C=O) groups excluding carboxylic acids is 2. The molecule has 4 nitrogen and oxygen atoms in total. The Morgan fingerprint density at radius 2 is 1.83 bits per heavy atom. The summed E-state index contributed by atoms with van der Waals surface area (Å²) in [6.45, 7) is 2.28. The zero-order chi connectivity index (χ0) is 20.8. The zero-order valence-electron chi connectivity index (χ0n) is 15.5. The Hall–Kier alpha value is -2.18. The molecule has 0 radical (unpaired) electrons. The van der Waals surface area contributed by atoms with Crippen molar-refractivity contribution in [3.05, 3.63) is 85.5 Å². The Balaban J connectivity index is 1.71. The molecule has 0 bridgehead atoms. The Labute approximate surface area is 182 Å². The fraction of sp³-hybridized carbons (Fsp3) is 0.182. The molecule has 0 spiro atoms. The number of hydrogen-bond donors (Lipinski definition) is 1. The molecule has 29 heavy (non-hydrogen) atoms. The number of aliphatic hydroxyl groups is 1. The summed E-state index contributed by atoms with van der Waals surface area (Å²) in [7, 11) is 0. The fourth-order valence-electron chi connectivity index (χ4n) is 3.51. The molecule has 0 saturated carbocycles. The van der Waals surface area contributed by atoms with Crippen molar-refractivity contribution >= 4 is 51.9 Å². The van der Waals surface area contributed by atoms with E-state index in [2.05, 4.69) is 0 Å². The number of aryl methyl sites for hydroxylation is 1. The number of thiophene rings is 1. The molecule has 1 N–H and O–H groups in total.